The van der Waals surface area contributed by atoms with Crippen LogP contribution in [0, 0.1) is 0 Å². The molecular weight excluding hydrogens is 891 g/mol. The van der Waals surface area contributed by atoms with Gasteiger partial charge < -0.3 is 4.90 Å². The minimum absolute atomic E-state index is 0.166. The number of rotatable bonds is 0. The van der Waals surface area contributed by atoms with E-state index in [9.17, 15) is 0 Å². The molecule has 0 saturated carbocycles. The van der Waals surface area contributed by atoms with Gasteiger partial charge in [0, 0.05) is 13.1 Å². The van der Waals surface area contributed by atoms with Crippen LogP contribution in [-0.2, 0) is 10.8 Å². The van der Waals surface area contributed by atoms with E-state index in [0.29, 0.717) is 0 Å². The van der Waals surface area contributed by atoms with Gasteiger partial charge in [0.15, 0.2) is 0 Å². The summed E-state index contributed by atoms with van der Waals surface area (Å²) in [6.45, 7) is 2.22. The SMILES string of the molecule is CN1CC23c4c5c6c7c8c9c(c%10c%11c2c2c4c4c%12c5c5c6c6c8c8c%13c9c9c%10c%10c%14c%11c%11c2c2c4c4c%12c%12c5c5c6c8c6c8c%13c%13c9c%10c9c%10c%14c%11c%11c2c2c4c4c%12c5c6c5c4c4c2c%11c%10c2c9c%13c8c5c24)C73C1. The van der Waals surface area contributed by atoms with E-state index in [1.165, 1.54) is 0 Å². The van der Waals surface area contributed by atoms with Gasteiger partial charge in [-0.2, -0.15) is 0 Å². The molecule has 33 aromatic carbocycles. The van der Waals surface area contributed by atoms with E-state index < -0.39 is 0 Å². The fraction of sp³-hybridized carbons (Fsp3) is 0.0685. The van der Waals surface area contributed by atoms with Crippen molar-refractivity contribution in [2.75, 3.05) is 20.1 Å². The molecule has 2 atom stereocenters. The Morgan fingerprint density at radius 2 is 0.230 bits per heavy atom. The van der Waals surface area contributed by atoms with Crippen LogP contribution in [0.5, 0.6) is 0 Å². The van der Waals surface area contributed by atoms with Gasteiger partial charge in [-0.05, 0) is 374 Å². The third kappa shape index (κ3) is 1.29. The Balaban J connectivity index is 1.21. The molecule has 1 heterocycles. The van der Waals surface area contributed by atoms with E-state index in [0.717, 1.165) is 13.1 Å². The van der Waals surface area contributed by atoms with Crippen molar-refractivity contribution in [2.24, 2.45) is 0 Å². The summed E-state index contributed by atoms with van der Waals surface area (Å²) in [5.74, 6) is 0. The first-order chi connectivity index (χ1) is 36.8. The second-order valence-corrected chi connectivity index (χ2v) is 28.5. The highest BCUT2D eigenvalue weighted by atomic mass is 15.2. The van der Waals surface area contributed by atoms with Crippen LogP contribution < -0.4 is 0 Å². The molecule has 0 aromatic heterocycles. The Kier molecular flexibility index (Phi) is 2.01. The number of hydrogen-bond acceptors (Lipinski definition) is 1. The molecule has 1 saturated heterocycles. The van der Waals surface area contributed by atoms with Crippen molar-refractivity contribution in [3.63, 3.8) is 0 Å². The number of hydrogen-bond donors (Lipinski definition) is 0. The molecule has 33 aromatic rings. The maximum atomic E-state index is 2.90. The molecule has 1 nitrogen and oxygen atoms in total. The third-order valence-corrected chi connectivity index (χ3v) is 28.4. The molecule has 2 spiro atoms. The van der Waals surface area contributed by atoms with E-state index in [2.05, 4.69) is 11.9 Å². The molecule has 0 N–H and O–H groups in total. The highest BCUT2D eigenvalue weighted by Crippen LogP contribution is 2.85. The first-order valence-electron chi connectivity index (χ1n) is 28.0. The van der Waals surface area contributed by atoms with Crippen LogP contribution in [-0.4, -0.2) is 25.0 Å². The van der Waals surface area contributed by atoms with Gasteiger partial charge in [0.25, 0.3) is 0 Å². The van der Waals surface area contributed by atoms with Crippen molar-refractivity contribution < 1.29 is 0 Å². The van der Waals surface area contributed by atoms with Crippen LogP contribution >= 0.6 is 0 Å². The molecule has 5 aliphatic rings. The summed E-state index contributed by atoms with van der Waals surface area (Å²) in [7, 11) is 2.56. The summed E-state index contributed by atoms with van der Waals surface area (Å²) >= 11 is 0. The van der Waals surface area contributed by atoms with Crippen molar-refractivity contribution in [2.45, 2.75) is 10.8 Å². The topological polar surface area (TPSA) is 3.24 Å². The summed E-state index contributed by atoms with van der Waals surface area (Å²) in [6, 6.07) is 0. The van der Waals surface area contributed by atoms with Gasteiger partial charge in [0.1, 0.15) is 0 Å². The van der Waals surface area contributed by atoms with Crippen molar-refractivity contribution in [1.82, 2.24) is 4.90 Å². The number of benzene rings is 23. The quantitative estimate of drug-likeness (QED) is 0.108. The zero-order valence-corrected chi connectivity index (χ0v) is 37.9. The van der Waals surface area contributed by atoms with Crippen LogP contribution in [0.25, 0.3) is 345 Å². The summed E-state index contributed by atoms with van der Waals surface area (Å²) in [5.41, 5.74) is 6.92. The molecule has 1 aliphatic heterocycles. The van der Waals surface area contributed by atoms with Gasteiger partial charge in [-0.3, -0.25) is 0 Å². The molecule has 4 aliphatic carbocycles. The lowest BCUT2D eigenvalue weighted by Crippen LogP contribution is -2.51. The fourth-order valence-corrected chi connectivity index (χ4v) is 28.8. The minimum Gasteiger partial charge on any atom is -0.304 e. The zero-order valence-electron chi connectivity index (χ0n) is 37.9. The molecule has 0 radical (unpaired) electrons. The van der Waals surface area contributed by atoms with Crippen molar-refractivity contribution in [3.05, 3.63) is 22.3 Å². The molecule has 74 heavy (non-hydrogen) atoms. The molecule has 0 amide bonds. The smallest absolute Gasteiger partial charge is 0.0505 e. The highest BCUT2D eigenvalue weighted by molar-refractivity contribution is 6.83. The largest absolute Gasteiger partial charge is 0.304 e. The molecule has 1 heteroatoms. The maximum absolute atomic E-state index is 2.90. The fourth-order valence-electron chi connectivity index (χ4n) is 28.8. The first-order valence-corrected chi connectivity index (χ1v) is 28.0. The Bertz CT molecular complexity index is 8170. The van der Waals surface area contributed by atoms with E-state index in [1.807, 2.05) is 22.3 Å². The Morgan fingerprint density at radius 1 is 0.149 bits per heavy atom. The lowest BCUT2D eigenvalue weighted by molar-refractivity contribution is 0.394. The normalized spacial score (nSPS) is 23.1. The van der Waals surface area contributed by atoms with Gasteiger partial charge >= 0.3 is 0 Å². The number of nitrogens with zero attached hydrogens (tertiary/aromatic N) is 1. The average Bonchev–Trinajstić information content (AvgIpc) is 3.44. The standard InChI is InChI=1S/C73H7N/c1-74-2-72-68-60-52-41-30-20-10-5-4-6-8-7(5)14-18-19-15(8)23-21-11(6)17-13-9(4)12-16(10)26(30)37-32-24(12)25(13)33-38-27(17)31(21)42-44-35(23)40-29(19)36-28(18)39-34(22(14)20)43(41)56-49(39)58-51(36)59-50(40)57(44)65-61-53(42)48(38)55-46(33)45(32)54(47(37)52)62(68)63(55)69(61)73(72,3-74)71(65)67(59)66(58)70(72)64(56)60/h2-3H2,1H3. The van der Waals surface area contributed by atoms with Crippen molar-refractivity contribution in [1.29, 1.82) is 0 Å². The van der Waals surface area contributed by atoms with Crippen LogP contribution in [0.3, 0.4) is 0 Å². The Labute approximate surface area is 400 Å². The van der Waals surface area contributed by atoms with Crippen LogP contribution in [0.1, 0.15) is 22.3 Å². The third-order valence-electron chi connectivity index (χ3n) is 28.4. The lowest BCUT2D eigenvalue weighted by atomic mass is 9.49. The highest BCUT2D eigenvalue weighted by Gasteiger charge is 2.72. The van der Waals surface area contributed by atoms with E-state index in [1.54, 1.807) is 345 Å². The molecule has 2 unspecified atom stereocenters. The molecule has 304 valence electrons. The summed E-state index contributed by atoms with van der Waals surface area (Å²) in [6.07, 6.45) is 0. The number of likely N-dealkylation sites (N-methyl/N-ethyl adjacent to an activating group) is 1. The second kappa shape index (κ2) is 5.68. The lowest BCUT2D eigenvalue weighted by Gasteiger charge is -2.50. The average molecular weight is 898 g/mol. The van der Waals surface area contributed by atoms with Gasteiger partial charge in [0.2, 0.25) is 0 Å². The minimum atomic E-state index is -0.166. The molecule has 1 fully saturated rings. The molecule has 38 rings (SSSR count). The van der Waals surface area contributed by atoms with Gasteiger partial charge in [-0.25, -0.2) is 0 Å². The zero-order chi connectivity index (χ0) is 43.3. The van der Waals surface area contributed by atoms with Crippen LogP contribution in [0.2, 0.25) is 0 Å². The van der Waals surface area contributed by atoms with Gasteiger partial charge in [0.05, 0.1) is 10.8 Å². The number of likely N-dealkylation sites (tertiary alicyclic amines) is 1. The predicted octanol–water partition coefficient (Wildman–Crippen LogP) is 19.2. The van der Waals surface area contributed by atoms with E-state index in [4.69, 9.17) is 0 Å². The predicted molar refractivity (Wildman–Crippen MR) is 315 cm³/mol. The first kappa shape index (κ1) is 26.2. The van der Waals surface area contributed by atoms with Gasteiger partial charge in [-0.1, -0.05) is 0 Å². The van der Waals surface area contributed by atoms with Gasteiger partial charge in [-0.15, -0.1) is 0 Å². The Hall–Kier alpha value is -8.88. The van der Waals surface area contributed by atoms with Crippen molar-refractivity contribution >= 4 is 345 Å². The van der Waals surface area contributed by atoms with Crippen LogP contribution in [0.15, 0.2) is 0 Å². The molecular formula is C73H7N. The van der Waals surface area contributed by atoms with Crippen molar-refractivity contribution in [3.8, 4) is 0 Å². The van der Waals surface area contributed by atoms with E-state index >= 15 is 0 Å². The summed E-state index contributed by atoms with van der Waals surface area (Å²) in [5, 5.41) is 108. The monoisotopic (exact) mass is 897 g/mol. The van der Waals surface area contributed by atoms with E-state index in [-0.39, 0.29) is 10.8 Å². The van der Waals surface area contributed by atoms with Crippen LogP contribution in [0.4, 0.5) is 0 Å². The molecule has 0 bridgehead atoms. The Morgan fingerprint density at radius 3 is 0.324 bits per heavy atom. The maximum Gasteiger partial charge on any atom is 0.0505 e. The summed E-state index contributed by atoms with van der Waals surface area (Å²) in [4.78, 5) is 2.90. The summed E-state index contributed by atoms with van der Waals surface area (Å²) < 4.78 is 0. The second-order valence-electron chi connectivity index (χ2n) is 28.5.